The van der Waals surface area contributed by atoms with E-state index in [1.807, 2.05) is 37.4 Å². The molecule has 2 atom stereocenters. The number of nitrogens with two attached hydrogens (primary N) is 1. The van der Waals surface area contributed by atoms with Crippen LogP contribution in [0.2, 0.25) is 0 Å². The summed E-state index contributed by atoms with van der Waals surface area (Å²) in [6, 6.07) is 10.1. The van der Waals surface area contributed by atoms with Gasteiger partial charge in [0.15, 0.2) is 0 Å². The van der Waals surface area contributed by atoms with Gasteiger partial charge in [-0.15, -0.1) is 0 Å². The maximum absolute atomic E-state index is 9.95. The Morgan fingerprint density at radius 3 is 2.29 bits per heavy atom. The van der Waals surface area contributed by atoms with Crippen molar-refractivity contribution >= 4 is 0 Å². The highest BCUT2D eigenvalue weighted by Crippen LogP contribution is 2.15. The molecule has 14 heavy (non-hydrogen) atoms. The van der Waals surface area contributed by atoms with Gasteiger partial charge < -0.3 is 22.8 Å². The number of aliphatic hydroxyl groups excluding tert-OH is 1. The molecule has 1 aromatic carbocycles. The normalized spacial score (nSPS) is 14.2. The largest absolute Gasteiger partial charge is 1.00 e. The molecule has 0 radical (unpaired) electrons. The molecular weight excluding hydrogens is 198 g/mol. The van der Waals surface area contributed by atoms with Crippen LogP contribution < -0.4 is 17.7 Å². The van der Waals surface area contributed by atoms with Gasteiger partial charge in [-0.05, 0) is 12.0 Å². The van der Waals surface area contributed by atoms with Gasteiger partial charge in [0.25, 0.3) is 0 Å². The number of likely N-dealkylation sites (N-methyl/N-ethyl adjacent to an activating group) is 1. The van der Waals surface area contributed by atoms with Gasteiger partial charge in [0, 0.05) is 0 Å². The number of benzene rings is 1. The Kier molecular flexibility index (Phi) is 6.54. The minimum absolute atomic E-state index is 0. The van der Waals surface area contributed by atoms with Gasteiger partial charge in [-0.25, -0.2) is 0 Å². The highest BCUT2D eigenvalue weighted by Gasteiger charge is 2.19. The SMILES string of the molecule is CCC([NH2+]C)C(O)c1ccccc1.[Cl-]. The summed E-state index contributed by atoms with van der Waals surface area (Å²) < 4.78 is 0. The molecule has 3 N–H and O–H groups in total. The van der Waals surface area contributed by atoms with Crippen LogP contribution >= 0.6 is 0 Å². The van der Waals surface area contributed by atoms with E-state index in [1.165, 1.54) is 0 Å². The van der Waals surface area contributed by atoms with Gasteiger partial charge in [0.1, 0.15) is 12.1 Å². The van der Waals surface area contributed by atoms with Crippen molar-refractivity contribution in [2.75, 3.05) is 7.05 Å². The molecule has 0 aliphatic rings. The molecular formula is C11H18ClNO. The number of quaternary nitrogens is 1. The molecule has 0 aromatic heterocycles. The summed E-state index contributed by atoms with van der Waals surface area (Å²) in [5.74, 6) is 0. The number of hydrogen-bond donors (Lipinski definition) is 2. The average Bonchev–Trinajstić information content (AvgIpc) is 2.21. The zero-order valence-corrected chi connectivity index (χ0v) is 9.41. The van der Waals surface area contributed by atoms with E-state index in [1.54, 1.807) is 0 Å². The molecule has 0 amide bonds. The van der Waals surface area contributed by atoms with Crippen molar-refractivity contribution in [3.05, 3.63) is 35.9 Å². The molecule has 0 saturated carbocycles. The second kappa shape index (κ2) is 6.82. The minimum atomic E-state index is -0.351. The van der Waals surface area contributed by atoms with Gasteiger partial charge in [-0.2, -0.15) is 0 Å². The van der Waals surface area contributed by atoms with Crippen LogP contribution in [-0.2, 0) is 0 Å². The summed E-state index contributed by atoms with van der Waals surface area (Å²) in [5, 5.41) is 12.0. The van der Waals surface area contributed by atoms with Crippen LogP contribution in [0.4, 0.5) is 0 Å². The van der Waals surface area contributed by atoms with E-state index in [0.717, 1.165) is 12.0 Å². The molecule has 2 unspecified atom stereocenters. The first kappa shape index (κ1) is 13.4. The van der Waals surface area contributed by atoms with Crippen molar-refractivity contribution in [1.82, 2.24) is 0 Å². The van der Waals surface area contributed by atoms with Gasteiger partial charge in [0.05, 0.1) is 7.05 Å². The molecule has 0 aliphatic carbocycles. The van der Waals surface area contributed by atoms with E-state index in [-0.39, 0.29) is 24.6 Å². The summed E-state index contributed by atoms with van der Waals surface area (Å²) in [5.41, 5.74) is 1.01. The number of hydrogen-bond acceptors (Lipinski definition) is 1. The van der Waals surface area contributed by atoms with Crippen LogP contribution in [-0.4, -0.2) is 18.2 Å². The maximum Gasteiger partial charge on any atom is 0.131 e. The van der Waals surface area contributed by atoms with Crippen LogP contribution in [0.3, 0.4) is 0 Å². The Bertz CT molecular complexity index is 236. The second-order valence-corrected chi connectivity index (χ2v) is 3.26. The monoisotopic (exact) mass is 215 g/mol. The van der Waals surface area contributed by atoms with Gasteiger partial charge in [0.2, 0.25) is 0 Å². The van der Waals surface area contributed by atoms with Crippen LogP contribution in [0.15, 0.2) is 30.3 Å². The van der Waals surface area contributed by atoms with Crippen molar-refractivity contribution < 1.29 is 22.8 Å². The smallest absolute Gasteiger partial charge is 0.131 e. The van der Waals surface area contributed by atoms with E-state index in [4.69, 9.17) is 0 Å². The standard InChI is InChI=1S/C11H17NO.ClH/c1-3-10(12-2)11(13)9-7-5-4-6-8-9;/h4-8,10-13H,3H2,1-2H3;1H. The summed E-state index contributed by atoms with van der Waals surface area (Å²) in [6.45, 7) is 2.09. The highest BCUT2D eigenvalue weighted by atomic mass is 35.5. The molecule has 80 valence electrons. The van der Waals surface area contributed by atoms with Crippen molar-refractivity contribution in [3.63, 3.8) is 0 Å². The fraction of sp³-hybridized carbons (Fsp3) is 0.455. The molecule has 3 heteroatoms. The lowest BCUT2D eigenvalue weighted by molar-refractivity contribution is -0.673. The summed E-state index contributed by atoms with van der Waals surface area (Å²) in [7, 11) is 2.00. The van der Waals surface area contributed by atoms with Crippen molar-refractivity contribution in [3.8, 4) is 0 Å². The van der Waals surface area contributed by atoms with Crippen LogP contribution in [0.25, 0.3) is 0 Å². The lowest BCUT2D eigenvalue weighted by Crippen LogP contribution is -3.00. The van der Waals surface area contributed by atoms with Crippen molar-refractivity contribution in [2.24, 2.45) is 0 Å². The predicted octanol–water partition coefficient (Wildman–Crippen LogP) is -2.30. The highest BCUT2D eigenvalue weighted by molar-refractivity contribution is 5.18. The third kappa shape index (κ3) is 3.29. The van der Waals surface area contributed by atoms with Crippen molar-refractivity contribution in [2.45, 2.75) is 25.5 Å². The topological polar surface area (TPSA) is 36.8 Å². The second-order valence-electron chi connectivity index (χ2n) is 3.26. The molecule has 0 aliphatic heterocycles. The number of halogens is 1. The first-order valence-electron chi connectivity index (χ1n) is 4.82. The van der Waals surface area contributed by atoms with Crippen LogP contribution in [0, 0.1) is 0 Å². The molecule has 0 spiro atoms. The lowest BCUT2D eigenvalue weighted by Gasteiger charge is -2.18. The molecule has 1 aromatic rings. The van der Waals surface area contributed by atoms with Gasteiger partial charge in [-0.1, -0.05) is 37.3 Å². The maximum atomic E-state index is 9.95. The quantitative estimate of drug-likeness (QED) is 0.583. The fourth-order valence-electron chi connectivity index (χ4n) is 1.54. The Morgan fingerprint density at radius 1 is 1.29 bits per heavy atom. The lowest BCUT2D eigenvalue weighted by atomic mass is 10.0. The molecule has 0 bridgehead atoms. The van der Waals surface area contributed by atoms with Gasteiger partial charge in [-0.3, -0.25) is 0 Å². The minimum Gasteiger partial charge on any atom is -1.00 e. The Morgan fingerprint density at radius 2 is 1.86 bits per heavy atom. The molecule has 0 fully saturated rings. The van der Waals surface area contributed by atoms with E-state index < -0.39 is 0 Å². The van der Waals surface area contributed by atoms with Crippen molar-refractivity contribution in [1.29, 1.82) is 0 Å². The van der Waals surface area contributed by atoms with Crippen LogP contribution in [0.5, 0.6) is 0 Å². The van der Waals surface area contributed by atoms with Gasteiger partial charge >= 0.3 is 0 Å². The summed E-state index contributed by atoms with van der Waals surface area (Å²) >= 11 is 0. The Hall–Kier alpha value is -0.570. The predicted molar refractivity (Wildman–Crippen MR) is 53.3 cm³/mol. The zero-order chi connectivity index (χ0) is 9.68. The van der Waals surface area contributed by atoms with Crippen LogP contribution in [0.1, 0.15) is 25.0 Å². The number of rotatable bonds is 4. The molecule has 1 rings (SSSR count). The Balaban J connectivity index is 0.00000169. The fourth-order valence-corrected chi connectivity index (χ4v) is 1.54. The van der Waals surface area contributed by atoms with E-state index in [9.17, 15) is 5.11 Å². The van der Waals surface area contributed by atoms with E-state index in [2.05, 4.69) is 12.2 Å². The summed E-state index contributed by atoms with van der Waals surface area (Å²) in [6.07, 6.45) is 0.628. The zero-order valence-electron chi connectivity index (χ0n) is 8.65. The third-order valence-corrected chi connectivity index (χ3v) is 2.45. The summed E-state index contributed by atoms with van der Waals surface area (Å²) in [4.78, 5) is 0. The third-order valence-electron chi connectivity index (χ3n) is 2.45. The molecule has 2 nitrogen and oxygen atoms in total. The Labute approximate surface area is 91.8 Å². The first-order chi connectivity index (χ1) is 6.29. The number of aliphatic hydroxyl groups is 1. The van der Waals surface area contributed by atoms with E-state index >= 15 is 0 Å². The average molecular weight is 216 g/mol. The molecule has 0 saturated heterocycles. The first-order valence-corrected chi connectivity index (χ1v) is 4.82. The molecule has 0 heterocycles. The van der Waals surface area contributed by atoms with E-state index in [0.29, 0.717) is 0 Å².